The number of nitrogens with zero attached hydrogens (tertiary/aromatic N) is 1. The van der Waals surface area contributed by atoms with Gasteiger partial charge in [0.05, 0.1) is 6.54 Å². The highest BCUT2D eigenvalue weighted by molar-refractivity contribution is 5.84. The highest BCUT2D eigenvalue weighted by Gasteiger charge is 2.19. The van der Waals surface area contributed by atoms with Gasteiger partial charge in [-0.15, -0.1) is 0 Å². The molecule has 0 aromatic heterocycles. The van der Waals surface area contributed by atoms with Crippen LogP contribution in [-0.4, -0.2) is 36.6 Å². The van der Waals surface area contributed by atoms with Crippen molar-refractivity contribution in [1.82, 2.24) is 5.32 Å². The van der Waals surface area contributed by atoms with E-state index < -0.39 is 5.97 Å². The van der Waals surface area contributed by atoms with Crippen molar-refractivity contribution in [3.05, 3.63) is 30.3 Å². The van der Waals surface area contributed by atoms with Gasteiger partial charge in [-0.05, 0) is 30.9 Å². The molecule has 0 saturated heterocycles. The van der Waals surface area contributed by atoms with E-state index in [4.69, 9.17) is 5.11 Å². The molecule has 1 fully saturated rings. The van der Waals surface area contributed by atoms with Crippen LogP contribution in [0, 0.1) is 5.92 Å². The average molecular weight is 276 g/mol. The maximum Gasteiger partial charge on any atom is 0.323 e. The Morgan fingerprint density at radius 1 is 1.20 bits per heavy atom. The van der Waals surface area contributed by atoms with E-state index in [1.165, 1.54) is 19.3 Å². The topological polar surface area (TPSA) is 69.6 Å². The van der Waals surface area contributed by atoms with Crippen molar-refractivity contribution in [2.24, 2.45) is 5.92 Å². The van der Waals surface area contributed by atoms with Crippen LogP contribution >= 0.6 is 0 Å². The Kier molecular flexibility index (Phi) is 4.98. The van der Waals surface area contributed by atoms with E-state index in [0.717, 1.165) is 5.69 Å². The molecule has 1 saturated carbocycles. The number of amides is 1. The number of aliphatic carboxylic acids is 1. The summed E-state index contributed by atoms with van der Waals surface area (Å²) >= 11 is 0. The molecule has 2 N–H and O–H groups in total. The standard InChI is InChI=1S/C15H20N2O3/c18-14(16-9-12-5-4-6-12)10-17(11-15(19)20)13-7-2-1-3-8-13/h1-3,7-8,12H,4-6,9-11H2,(H,16,18)(H,19,20). The van der Waals surface area contributed by atoms with Crippen LogP contribution in [-0.2, 0) is 9.59 Å². The number of hydrogen-bond donors (Lipinski definition) is 2. The average Bonchev–Trinajstić information content (AvgIpc) is 2.36. The van der Waals surface area contributed by atoms with Crippen LogP contribution in [0.15, 0.2) is 30.3 Å². The zero-order valence-corrected chi connectivity index (χ0v) is 11.4. The quantitative estimate of drug-likeness (QED) is 0.791. The predicted octanol–water partition coefficient (Wildman–Crippen LogP) is 1.49. The summed E-state index contributed by atoms with van der Waals surface area (Å²) in [6.07, 6.45) is 3.60. The van der Waals surface area contributed by atoms with E-state index in [0.29, 0.717) is 12.5 Å². The van der Waals surface area contributed by atoms with Crippen molar-refractivity contribution in [1.29, 1.82) is 0 Å². The smallest absolute Gasteiger partial charge is 0.323 e. The first kappa shape index (κ1) is 14.4. The fraction of sp³-hybridized carbons (Fsp3) is 0.467. The van der Waals surface area contributed by atoms with Gasteiger partial charge in [-0.25, -0.2) is 0 Å². The lowest BCUT2D eigenvalue weighted by molar-refractivity contribution is -0.135. The molecule has 108 valence electrons. The minimum atomic E-state index is -0.944. The van der Waals surface area contributed by atoms with E-state index >= 15 is 0 Å². The first-order valence-electron chi connectivity index (χ1n) is 6.93. The maximum absolute atomic E-state index is 11.9. The van der Waals surface area contributed by atoms with Crippen LogP contribution < -0.4 is 10.2 Å². The number of carboxylic acids is 1. The monoisotopic (exact) mass is 276 g/mol. The molecule has 0 radical (unpaired) electrons. The largest absolute Gasteiger partial charge is 0.480 e. The van der Waals surface area contributed by atoms with Gasteiger partial charge in [-0.1, -0.05) is 24.6 Å². The molecule has 1 aromatic carbocycles. The molecule has 0 heterocycles. The number of para-hydroxylation sites is 1. The minimum Gasteiger partial charge on any atom is -0.480 e. The number of carboxylic acid groups (broad SMARTS) is 1. The maximum atomic E-state index is 11.9. The summed E-state index contributed by atoms with van der Waals surface area (Å²) in [5.41, 5.74) is 0.744. The Balaban J connectivity index is 1.89. The summed E-state index contributed by atoms with van der Waals surface area (Å²) in [5.74, 6) is -0.466. The second kappa shape index (κ2) is 6.93. The Bertz CT molecular complexity index is 457. The second-order valence-corrected chi connectivity index (χ2v) is 5.19. The molecule has 0 spiro atoms. The van der Waals surface area contributed by atoms with Crippen molar-refractivity contribution < 1.29 is 14.7 Å². The molecule has 0 unspecified atom stereocenters. The van der Waals surface area contributed by atoms with Gasteiger partial charge >= 0.3 is 5.97 Å². The van der Waals surface area contributed by atoms with Gasteiger partial charge < -0.3 is 15.3 Å². The highest BCUT2D eigenvalue weighted by Crippen LogP contribution is 2.25. The molecule has 2 rings (SSSR count). The van der Waals surface area contributed by atoms with E-state index in [-0.39, 0.29) is 19.0 Å². The van der Waals surface area contributed by atoms with Gasteiger partial charge in [0.2, 0.25) is 5.91 Å². The van der Waals surface area contributed by atoms with Crippen LogP contribution in [0.25, 0.3) is 0 Å². The zero-order valence-electron chi connectivity index (χ0n) is 11.4. The molecule has 1 aromatic rings. The normalized spacial score (nSPS) is 14.4. The molecule has 0 bridgehead atoms. The summed E-state index contributed by atoms with van der Waals surface area (Å²) in [5, 5.41) is 11.8. The van der Waals surface area contributed by atoms with Gasteiger partial charge in [0.15, 0.2) is 0 Å². The third-order valence-electron chi connectivity index (χ3n) is 3.59. The van der Waals surface area contributed by atoms with E-state index in [2.05, 4.69) is 5.32 Å². The third-order valence-corrected chi connectivity index (χ3v) is 3.59. The fourth-order valence-corrected chi connectivity index (χ4v) is 2.22. The molecule has 0 atom stereocenters. The van der Waals surface area contributed by atoms with Crippen molar-refractivity contribution in [3.63, 3.8) is 0 Å². The lowest BCUT2D eigenvalue weighted by atomic mass is 9.85. The van der Waals surface area contributed by atoms with Crippen LogP contribution in [0.3, 0.4) is 0 Å². The zero-order chi connectivity index (χ0) is 14.4. The molecular formula is C15H20N2O3. The van der Waals surface area contributed by atoms with E-state index in [1.807, 2.05) is 30.3 Å². The number of hydrogen-bond acceptors (Lipinski definition) is 3. The van der Waals surface area contributed by atoms with Crippen LogP contribution in [0.1, 0.15) is 19.3 Å². The summed E-state index contributed by atoms with van der Waals surface area (Å²) in [6, 6.07) is 9.14. The SMILES string of the molecule is O=C(O)CN(CC(=O)NCC1CCC1)c1ccccc1. The molecule has 20 heavy (non-hydrogen) atoms. The van der Waals surface area contributed by atoms with Crippen LogP contribution in [0.2, 0.25) is 0 Å². The predicted molar refractivity (Wildman–Crippen MR) is 76.6 cm³/mol. The Morgan fingerprint density at radius 2 is 1.90 bits per heavy atom. The number of anilines is 1. The van der Waals surface area contributed by atoms with Crippen molar-refractivity contribution >= 4 is 17.6 Å². The summed E-state index contributed by atoms with van der Waals surface area (Å²) in [7, 11) is 0. The van der Waals surface area contributed by atoms with Gasteiger partial charge in [0.25, 0.3) is 0 Å². The minimum absolute atomic E-state index is 0.0725. The Hall–Kier alpha value is -2.04. The summed E-state index contributed by atoms with van der Waals surface area (Å²) < 4.78 is 0. The second-order valence-electron chi connectivity index (χ2n) is 5.19. The van der Waals surface area contributed by atoms with Crippen molar-refractivity contribution in [2.45, 2.75) is 19.3 Å². The van der Waals surface area contributed by atoms with E-state index in [1.54, 1.807) is 4.90 Å². The molecule has 1 aliphatic carbocycles. The number of nitrogens with one attached hydrogen (secondary N) is 1. The fourth-order valence-electron chi connectivity index (χ4n) is 2.22. The molecule has 1 aliphatic rings. The van der Waals surface area contributed by atoms with Gasteiger partial charge in [-0.3, -0.25) is 9.59 Å². The first-order chi connectivity index (χ1) is 9.65. The lowest BCUT2D eigenvalue weighted by Crippen LogP contribution is -2.42. The molecule has 1 amide bonds. The van der Waals surface area contributed by atoms with Gasteiger partial charge in [0, 0.05) is 12.2 Å². The third kappa shape index (κ3) is 4.26. The molecule has 5 nitrogen and oxygen atoms in total. The molecule has 5 heteroatoms. The van der Waals surface area contributed by atoms with Crippen LogP contribution in [0.4, 0.5) is 5.69 Å². The summed E-state index contributed by atoms with van der Waals surface area (Å²) in [4.78, 5) is 24.4. The van der Waals surface area contributed by atoms with Crippen LogP contribution in [0.5, 0.6) is 0 Å². The number of carbonyl (C=O) groups excluding carboxylic acids is 1. The van der Waals surface area contributed by atoms with E-state index in [9.17, 15) is 9.59 Å². The molecular weight excluding hydrogens is 256 g/mol. The lowest BCUT2D eigenvalue weighted by Gasteiger charge is -2.27. The highest BCUT2D eigenvalue weighted by atomic mass is 16.4. The van der Waals surface area contributed by atoms with Gasteiger partial charge in [-0.2, -0.15) is 0 Å². The van der Waals surface area contributed by atoms with Gasteiger partial charge in [0.1, 0.15) is 6.54 Å². The number of benzene rings is 1. The number of carbonyl (C=O) groups is 2. The Morgan fingerprint density at radius 3 is 2.45 bits per heavy atom. The molecule has 0 aliphatic heterocycles. The first-order valence-corrected chi connectivity index (χ1v) is 6.93. The Labute approximate surface area is 118 Å². The number of rotatable bonds is 7. The van der Waals surface area contributed by atoms with Crippen molar-refractivity contribution in [3.8, 4) is 0 Å². The van der Waals surface area contributed by atoms with Crippen molar-refractivity contribution in [2.75, 3.05) is 24.5 Å². The summed E-state index contributed by atoms with van der Waals surface area (Å²) in [6.45, 7) is 0.596.